The second-order valence-corrected chi connectivity index (χ2v) is 9.74. The van der Waals surface area contributed by atoms with Crippen molar-refractivity contribution in [1.29, 1.82) is 0 Å². The number of carbonyl (C=O) groups excluding carboxylic acids is 3. The molecular formula is C29H41N5O5. The SMILES string of the molecule is CCN(C)C(=O)CCCOc1ccc2c(c1)CN(CC(=O)OC(C)C)CN2NC(=O)N(CC)c1ccccc1. The summed E-state index contributed by atoms with van der Waals surface area (Å²) < 4.78 is 11.3. The Kier molecular flexibility index (Phi) is 11.0. The monoisotopic (exact) mass is 539 g/mol. The van der Waals surface area contributed by atoms with Crippen molar-refractivity contribution < 1.29 is 23.9 Å². The van der Waals surface area contributed by atoms with Crippen LogP contribution in [0.3, 0.4) is 0 Å². The van der Waals surface area contributed by atoms with Crippen LogP contribution in [0.25, 0.3) is 0 Å². The lowest BCUT2D eigenvalue weighted by molar-refractivity contribution is -0.148. The number of esters is 1. The summed E-state index contributed by atoms with van der Waals surface area (Å²) in [5.41, 5.74) is 5.53. The van der Waals surface area contributed by atoms with E-state index in [1.165, 1.54) is 0 Å². The molecule has 0 aliphatic carbocycles. The standard InChI is InChI=1S/C29H41N5O5/c1-6-31(5)27(35)14-11-17-38-25-15-16-26-23(18-25)19-32(20-28(36)39-22(3)4)21-34(26)30-29(37)33(7-2)24-12-9-8-10-13-24/h8-10,12-13,15-16,18,22H,6-7,11,14,17,19-21H2,1-5H3,(H,30,37). The number of para-hydroxylation sites is 1. The number of ether oxygens (including phenoxy) is 2. The molecule has 2 aromatic carbocycles. The molecular weight excluding hydrogens is 498 g/mol. The number of anilines is 2. The van der Waals surface area contributed by atoms with E-state index in [0.29, 0.717) is 51.5 Å². The van der Waals surface area contributed by atoms with Crippen molar-refractivity contribution in [3.63, 3.8) is 0 Å². The Morgan fingerprint density at radius 2 is 1.79 bits per heavy atom. The van der Waals surface area contributed by atoms with Crippen LogP contribution >= 0.6 is 0 Å². The molecule has 1 N–H and O–H groups in total. The van der Waals surface area contributed by atoms with Crippen LogP contribution in [0.15, 0.2) is 48.5 Å². The van der Waals surface area contributed by atoms with Crippen LogP contribution < -0.4 is 20.1 Å². The van der Waals surface area contributed by atoms with Crippen molar-refractivity contribution in [2.24, 2.45) is 0 Å². The second kappa shape index (κ2) is 14.4. The zero-order chi connectivity index (χ0) is 28.4. The number of hydrogen-bond acceptors (Lipinski definition) is 7. The molecule has 1 aliphatic heterocycles. The van der Waals surface area contributed by atoms with E-state index in [1.54, 1.807) is 21.9 Å². The molecule has 10 nitrogen and oxygen atoms in total. The van der Waals surface area contributed by atoms with Gasteiger partial charge in [0.1, 0.15) is 5.75 Å². The van der Waals surface area contributed by atoms with Gasteiger partial charge in [0.15, 0.2) is 0 Å². The first-order valence-electron chi connectivity index (χ1n) is 13.5. The molecule has 0 atom stereocenters. The molecule has 212 valence electrons. The lowest BCUT2D eigenvalue weighted by atomic mass is 10.1. The fourth-order valence-corrected chi connectivity index (χ4v) is 4.30. The first kappa shape index (κ1) is 29.8. The Bertz CT molecular complexity index is 1110. The van der Waals surface area contributed by atoms with Gasteiger partial charge in [-0.1, -0.05) is 18.2 Å². The van der Waals surface area contributed by atoms with Gasteiger partial charge in [-0.2, -0.15) is 0 Å². The van der Waals surface area contributed by atoms with Crippen LogP contribution in [-0.2, 0) is 20.9 Å². The fourth-order valence-electron chi connectivity index (χ4n) is 4.30. The molecule has 0 aromatic heterocycles. The Balaban J connectivity index is 1.74. The van der Waals surface area contributed by atoms with E-state index in [0.717, 1.165) is 16.9 Å². The summed E-state index contributed by atoms with van der Waals surface area (Å²) in [4.78, 5) is 43.0. The molecule has 0 saturated carbocycles. The van der Waals surface area contributed by atoms with E-state index in [-0.39, 0.29) is 30.6 Å². The van der Waals surface area contributed by atoms with Gasteiger partial charge in [-0.3, -0.25) is 24.4 Å². The quantitative estimate of drug-likeness (QED) is 0.322. The molecule has 1 aliphatic rings. The van der Waals surface area contributed by atoms with Gasteiger partial charge in [-0.05, 0) is 70.0 Å². The third-order valence-electron chi connectivity index (χ3n) is 6.36. The van der Waals surface area contributed by atoms with Crippen molar-refractivity contribution in [1.82, 2.24) is 15.2 Å². The first-order valence-corrected chi connectivity index (χ1v) is 13.5. The zero-order valence-corrected chi connectivity index (χ0v) is 23.7. The second-order valence-electron chi connectivity index (χ2n) is 9.74. The van der Waals surface area contributed by atoms with Crippen LogP contribution in [0.5, 0.6) is 5.75 Å². The number of nitrogens with zero attached hydrogens (tertiary/aromatic N) is 4. The van der Waals surface area contributed by atoms with Gasteiger partial charge in [0.2, 0.25) is 5.91 Å². The molecule has 3 rings (SSSR count). The van der Waals surface area contributed by atoms with E-state index in [9.17, 15) is 14.4 Å². The maximum absolute atomic E-state index is 13.3. The molecule has 0 bridgehead atoms. The minimum atomic E-state index is -0.326. The third kappa shape index (κ3) is 8.61. The van der Waals surface area contributed by atoms with Crippen LogP contribution in [0, 0.1) is 0 Å². The average molecular weight is 540 g/mol. The number of hydrogen-bond donors (Lipinski definition) is 1. The highest BCUT2D eigenvalue weighted by atomic mass is 16.5. The number of urea groups is 1. The molecule has 39 heavy (non-hydrogen) atoms. The average Bonchev–Trinajstić information content (AvgIpc) is 2.90. The van der Waals surface area contributed by atoms with Crippen LogP contribution in [0.4, 0.5) is 16.2 Å². The van der Waals surface area contributed by atoms with E-state index < -0.39 is 0 Å². The predicted molar refractivity (Wildman–Crippen MR) is 151 cm³/mol. The molecule has 0 saturated heterocycles. The van der Waals surface area contributed by atoms with E-state index in [2.05, 4.69) is 5.43 Å². The Labute approximate surface area is 231 Å². The fraction of sp³-hybridized carbons (Fsp3) is 0.483. The number of fused-ring (bicyclic) bond motifs is 1. The Morgan fingerprint density at radius 3 is 2.46 bits per heavy atom. The molecule has 1 heterocycles. The number of amides is 3. The molecule has 0 spiro atoms. The molecule has 3 amide bonds. The first-order chi connectivity index (χ1) is 18.7. The molecule has 2 aromatic rings. The van der Waals surface area contributed by atoms with E-state index in [4.69, 9.17) is 9.47 Å². The maximum Gasteiger partial charge on any atom is 0.340 e. The van der Waals surface area contributed by atoms with E-state index in [1.807, 2.05) is 81.1 Å². The lowest BCUT2D eigenvalue weighted by Gasteiger charge is -2.39. The topological polar surface area (TPSA) is 94.7 Å². The summed E-state index contributed by atoms with van der Waals surface area (Å²) in [6, 6.07) is 14.9. The number of rotatable bonds is 12. The molecule has 0 unspecified atom stereocenters. The summed E-state index contributed by atoms with van der Waals surface area (Å²) in [7, 11) is 1.79. The van der Waals surface area contributed by atoms with E-state index >= 15 is 0 Å². The van der Waals surface area contributed by atoms with Crippen molar-refractivity contribution in [2.45, 2.75) is 53.2 Å². The predicted octanol–water partition coefficient (Wildman–Crippen LogP) is 4.01. The van der Waals surface area contributed by atoms with Gasteiger partial charge in [-0.15, -0.1) is 0 Å². The lowest BCUT2D eigenvalue weighted by Crippen LogP contribution is -2.55. The number of nitrogens with one attached hydrogen (secondary N) is 1. The summed E-state index contributed by atoms with van der Waals surface area (Å²) in [5.74, 6) is 0.439. The highest BCUT2D eigenvalue weighted by molar-refractivity contribution is 5.93. The molecule has 10 heteroatoms. The summed E-state index contributed by atoms with van der Waals surface area (Å²) in [6.45, 7) is 9.96. The minimum absolute atomic E-state index is 0.0817. The van der Waals surface area contributed by atoms with Gasteiger partial charge in [0.25, 0.3) is 0 Å². The number of carbonyl (C=O) groups is 3. The van der Waals surface area contributed by atoms with Crippen LogP contribution in [0.1, 0.15) is 46.1 Å². The largest absolute Gasteiger partial charge is 0.494 e. The molecule has 0 radical (unpaired) electrons. The molecule has 0 fully saturated rings. The maximum atomic E-state index is 13.3. The van der Waals surface area contributed by atoms with Gasteiger partial charge >= 0.3 is 12.0 Å². The van der Waals surface area contributed by atoms with Crippen LogP contribution in [-0.4, -0.2) is 73.8 Å². The van der Waals surface area contributed by atoms with Crippen molar-refractivity contribution in [3.8, 4) is 5.75 Å². The van der Waals surface area contributed by atoms with Crippen molar-refractivity contribution in [2.75, 3.05) is 49.9 Å². The summed E-state index contributed by atoms with van der Waals surface area (Å²) in [6.07, 6.45) is 0.830. The number of benzene rings is 2. The van der Waals surface area contributed by atoms with Crippen molar-refractivity contribution >= 4 is 29.3 Å². The Hall–Kier alpha value is -3.79. The van der Waals surface area contributed by atoms with Gasteiger partial charge in [0, 0.05) is 38.8 Å². The van der Waals surface area contributed by atoms with Crippen molar-refractivity contribution in [3.05, 3.63) is 54.1 Å². The smallest absolute Gasteiger partial charge is 0.340 e. The Morgan fingerprint density at radius 1 is 1.05 bits per heavy atom. The van der Waals surface area contributed by atoms with Crippen LogP contribution in [0.2, 0.25) is 0 Å². The highest BCUT2D eigenvalue weighted by Gasteiger charge is 2.28. The third-order valence-corrected chi connectivity index (χ3v) is 6.36. The summed E-state index contributed by atoms with van der Waals surface area (Å²) >= 11 is 0. The minimum Gasteiger partial charge on any atom is -0.494 e. The van der Waals surface area contributed by atoms with Gasteiger partial charge in [-0.25, -0.2) is 10.2 Å². The van der Waals surface area contributed by atoms with Gasteiger partial charge in [0.05, 0.1) is 31.6 Å². The normalized spacial score (nSPS) is 13.0. The zero-order valence-electron chi connectivity index (χ0n) is 23.7. The summed E-state index contributed by atoms with van der Waals surface area (Å²) in [5, 5.41) is 1.75. The van der Waals surface area contributed by atoms with Gasteiger partial charge < -0.3 is 14.4 Å². The number of hydrazine groups is 1. The highest BCUT2D eigenvalue weighted by Crippen LogP contribution is 2.30.